The molecule has 2 atom stereocenters. The first-order valence-electron chi connectivity index (χ1n) is 9.70. The summed E-state index contributed by atoms with van der Waals surface area (Å²) in [6.45, 7) is 0.351. The Bertz CT molecular complexity index is 1190. The first-order valence-corrected chi connectivity index (χ1v) is 10.5. The van der Waals surface area contributed by atoms with Crippen LogP contribution in [-0.4, -0.2) is 58.1 Å². The van der Waals surface area contributed by atoms with Crippen LogP contribution < -0.4 is 10.7 Å². The van der Waals surface area contributed by atoms with Crippen molar-refractivity contribution in [3.05, 3.63) is 68.4 Å². The number of hydrazone groups is 1. The number of benzene rings is 1. The lowest BCUT2D eigenvalue weighted by Gasteiger charge is -2.36. The fourth-order valence-electron chi connectivity index (χ4n) is 3.43. The number of hydrogen-bond acceptors (Lipinski definition) is 9. The van der Waals surface area contributed by atoms with Gasteiger partial charge in [-0.1, -0.05) is 28.1 Å². The quantitative estimate of drug-likeness (QED) is 0.340. The van der Waals surface area contributed by atoms with Crippen molar-refractivity contribution >= 4 is 52.0 Å². The molecule has 1 aromatic heterocycles. The zero-order chi connectivity index (χ0) is 23.5. The van der Waals surface area contributed by atoms with Crippen LogP contribution in [0, 0.1) is 10.1 Å². The maximum Gasteiger partial charge on any atom is 0.433 e. The molecule has 2 aromatic rings. The Hall–Kier alpha value is -4.00. The number of furan rings is 1. The lowest BCUT2D eigenvalue weighted by molar-refractivity contribution is -0.402. The van der Waals surface area contributed by atoms with Gasteiger partial charge >= 0.3 is 11.9 Å². The highest BCUT2D eigenvalue weighted by molar-refractivity contribution is 9.10. The van der Waals surface area contributed by atoms with Gasteiger partial charge in [0.1, 0.15) is 10.7 Å². The summed E-state index contributed by atoms with van der Waals surface area (Å²) >= 11 is 3.44. The predicted molar refractivity (Wildman–Crippen MR) is 122 cm³/mol. The normalized spacial score (nSPS) is 20.4. The van der Waals surface area contributed by atoms with E-state index in [-0.39, 0.29) is 5.88 Å². The van der Waals surface area contributed by atoms with Crippen molar-refractivity contribution in [1.82, 2.24) is 20.5 Å². The highest BCUT2D eigenvalue weighted by atomic mass is 79.9. The number of nitrogens with one attached hydrogen (secondary N) is 2. The number of likely N-dealkylation sites (N-methyl/N-ethyl adjacent to an activating group) is 1. The molecule has 2 aliphatic heterocycles. The molecule has 1 aromatic carbocycles. The summed E-state index contributed by atoms with van der Waals surface area (Å²) in [7, 11) is 1.57. The summed E-state index contributed by atoms with van der Waals surface area (Å²) in [6.07, 6.45) is 3.74. The number of fused-ring (bicyclic) bond motifs is 1. The van der Waals surface area contributed by atoms with Crippen molar-refractivity contribution < 1.29 is 18.9 Å². The Morgan fingerprint density at radius 2 is 2.18 bits per heavy atom. The van der Waals surface area contributed by atoms with Crippen LogP contribution in [0.2, 0.25) is 0 Å². The van der Waals surface area contributed by atoms with Crippen LogP contribution >= 0.6 is 15.9 Å². The third-order valence-electron chi connectivity index (χ3n) is 4.98. The van der Waals surface area contributed by atoms with Gasteiger partial charge < -0.3 is 14.2 Å². The van der Waals surface area contributed by atoms with Crippen molar-refractivity contribution in [2.75, 3.05) is 7.05 Å². The topological polar surface area (TPSA) is 146 Å². The zero-order valence-electron chi connectivity index (χ0n) is 17.2. The molecule has 0 aliphatic carbocycles. The van der Waals surface area contributed by atoms with E-state index in [9.17, 15) is 19.7 Å². The van der Waals surface area contributed by atoms with Crippen LogP contribution in [0.15, 0.2) is 61.5 Å². The average molecular weight is 516 g/mol. The third-order valence-corrected chi connectivity index (χ3v) is 5.47. The smallest absolute Gasteiger partial charge is 0.401 e. The molecule has 0 bridgehead atoms. The number of carbonyl (C=O) groups is 2. The highest BCUT2D eigenvalue weighted by Gasteiger charge is 2.48. The van der Waals surface area contributed by atoms with Crippen LogP contribution in [0.4, 0.5) is 10.7 Å². The number of rotatable bonds is 6. The molecule has 3 amide bonds. The summed E-state index contributed by atoms with van der Waals surface area (Å²) in [6, 6.07) is 9.11. The number of aliphatic imine (C=N–C) groups is 1. The molecule has 2 unspecified atom stereocenters. The number of urea groups is 1. The molecule has 0 radical (unpaired) electrons. The molecule has 33 heavy (non-hydrogen) atoms. The highest BCUT2D eigenvalue weighted by Crippen LogP contribution is 2.26. The van der Waals surface area contributed by atoms with Gasteiger partial charge in [0.25, 0.3) is 5.91 Å². The SMILES string of the molecule is CN1C(=O)NC(=O)C2C1N=C(N/N=C/C=C/c1ccc([N+](=O)[O-])o1)N2Cc1cccc(Br)c1. The number of carbonyl (C=O) groups excluding carboxylic acids is 2. The first-order chi connectivity index (χ1) is 15.8. The van der Waals surface area contributed by atoms with Gasteiger partial charge in [0, 0.05) is 24.3 Å². The van der Waals surface area contributed by atoms with Gasteiger partial charge in [-0.3, -0.25) is 20.2 Å². The summed E-state index contributed by atoms with van der Waals surface area (Å²) in [5, 5.41) is 17.1. The lowest BCUT2D eigenvalue weighted by atomic mass is 10.1. The van der Waals surface area contributed by atoms with Crippen LogP contribution in [-0.2, 0) is 11.3 Å². The van der Waals surface area contributed by atoms with Crippen molar-refractivity contribution in [2.45, 2.75) is 18.8 Å². The maximum atomic E-state index is 12.6. The van der Waals surface area contributed by atoms with E-state index in [4.69, 9.17) is 4.42 Å². The van der Waals surface area contributed by atoms with Crippen molar-refractivity contribution in [1.29, 1.82) is 0 Å². The monoisotopic (exact) mass is 515 g/mol. The number of allylic oxidation sites excluding steroid dienone is 1. The van der Waals surface area contributed by atoms with E-state index >= 15 is 0 Å². The molecular weight excluding hydrogens is 498 g/mol. The Balaban J connectivity index is 1.51. The molecule has 1 saturated heterocycles. The molecule has 12 nitrogen and oxygen atoms in total. The second kappa shape index (κ2) is 9.24. The van der Waals surface area contributed by atoms with Crippen LogP contribution in [0.3, 0.4) is 0 Å². The maximum absolute atomic E-state index is 12.6. The molecule has 1 fully saturated rings. The fraction of sp³-hybridized carbons (Fsp3) is 0.200. The molecule has 13 heteroatoms. The summed E-state index contributed by atoms with van der Waals surface area (Å²) in [5.74, 6) is -0.180. The molecular formula is C20H18BrN7O5. The molecule has 3 heterocycles. The second-order valence-electron chi connectivity index (χ2n) is 7.16. The predicted octanol–water partition coefficient (Wildman–Crippen LogP) is 2.29. The van der Waals surface area contributed by atoms with Gasteiger partial charge in [0.05, 0.1) is 6.07 Å². The Kier molecular flexibility index (Phi) is 6.22. The zero-order valence-corrected chi connectivity index (χ0v) is 18.8. The van der Waals surface area contributed by atoms with E-state index in [1.54, 1.807) is 11.9 Å². The van der Waals surface area contributed by atoms with Gasteiger partial charge in [0.2, 0.25) is 5.96 Å². The van der Waals surface area contributed by atoms with Crippen molar-refractivity contribution in [3.8, 4) is 0 Å². The van der Waals surface area contributed by atoms with Gasteiger partial charge in [-0.25, -0.2) is 15.2 Å². The molecule has 2 N–H and O–H groups in total. The number of guanidine groups is 1. The van der Waals surface area contributed by atoms with Gasteiger partial charge in [-0.15, -0.1) is 0 Å². The number of imide groups is 1. The van der Waals surface area contributed by atoms with Crippen molar-refractivity contribution in [2.24, 2.45) is 10.1 Å². The van der Waals surface area contributed by atoms with Gasteiger partial charge in [-0.2, -0.15) is 5.10 Å². The Morgan fingerprint density at radius 3 is 2.91 bits per heavy atom. The van der Waals surface area contributed by atoms with E-state index in [2.05, 4.69) is 36.8 Å². The number of halogens is 1. The number of hydrogen-bond donors (Lipinski definition) is 2. The summed E-state index contributed by atoms with van der Waals surface area (Å²) < 4.78 is 5.92. The van der Waals surface area contributed by atoms with E-state index < -0.39 is 29.1 Å². The van der Waals surface area contributed by atoms with Crippen LogP contribution in [0.1, 0.15) is 11.3 Å². The minimum atomic E-state index is -0.719. The standard InChI is InChI=1S/C20H18BrN7O5/c1-26-17-16(18(29)24-20(26)30)27(11-12-4-2-5-13(21)10-12)19(23-17)25-22-9-3-6-14-7-8-15(33-14)28(31)32/h2-10,16-17H,11H2,1H3,(H,23,25)(H,24,29,30)/b6-3+,22-9+. The Labute approximate surface area is 195 Å². The van der Waals surface area contributed by atoms with E-state index in [1.807, 2.05) is 24.3 Å². The lowest BCUT2D eigenvalue weighted by Crippen LogP contribution is -2.63. The second-order valence-corrected chi connectivity index (χ2v) is 8.07. The molecule has 4 rings (SSSR count). The number of nitrogens with zero attached hydrogens (tertiary/aromatic N) is 5. The number of nitro groups is 1. The molecule has 0 saturated carbocycles. The van der Waals surface area contributed by atoms with E-state index in [0.29, 0.717) is 18.3 Å². The average Bonchev–Trinajstić information content (AvgIpc) is 3.38. The minimum Gasteiger partial charge on any atom is -0.401 e. The fourth-order valence-corrected chi connectivity index (χ4v) is 3.88. The first kappa shape index (κ1) is 22.2. The molecule has 0 spiro atoms. The largest absolute Gasteiger partial charge is 0.433 e. The van der Waals surface area contributed by atoms with Crippen molar-refractivity contribution in [3.63, 3.8) is 0 Å². The summed E-state index contributed by atoms with van der Waals surface area (Å²) in [4.78, 5) is 42.3. The van der Waals surface area contributed by atoms with E-state index in [0.717, 1.165) is 10.0 Å². The molecule has 2 aliphatic rings. The van der Waals surface area contributed by atoms with E-state index in [1.165, 1.54) is 35.4 Å². The van der Waals surface area contributed by atoms with Crippen LogP contribution in [0.25, 0.3) is 6.08 Å². The molecule has 170 valence electrons. The minimum absolute atomic E-state index is 0.297. The number of amides is 3. The third kappa shape index (κ3) is 4.77. The summed E-state index contributed by atoms with van der Waals surface area (Å²) in [5.41, 5.74) is 3.74. The van der Waals surface area contributed by atoms with Gasteiger partial charge in [0.15, 0.2) is 12.2 Å². The van der Waals surface area contributed by atoms with Crippen LogP contribution in [0.5, 0.6) is 0 Å². The van der Waals surface area contributed by atoms with Gasteiger partial charge in [-0.05, 0) is 35.9 Å². The Morgan fingerprint density at radius 1 is 1.36 bits per heavy atom.